The molecule has 0 unspecified atom stereocenters. The number of hydrogen-bond donors (Lipinski definition) is 2. The number of nitrogens with one attached hydrogen (secondary N) is 1. The third-order valence-corrected chi connectivity index (χ3v) is 3.08. The Hall–Kier alpha value is -2.30. The number of carbonyl (C=O) groups is 1. The van der Waals surface area contributed by atoms with Crippen molar-refractivity contribution in [1.82, 2.24) is 15.1 Å². The van der Waals surface area contributed by atoms with Crippen LogP contribution in [0.25, 0.3) is 0 Å². The van der Waals surface area contributed by atoms with Crippen LogP contribution in [-0.2, 0) is 13.0 Å². The summed E-state index contributed by atoms with van der Waals surface area (Å²) in [6, 6.07) is 8.24. The zero-order chi connectivity index (χ0) is 13.8. The molecule has 2 aromatic rings. The average molecular weight is 258 g/mol. The summed E-state index contributed by atoms with van der Waals surface area (Å²) in [6.45, 7) is 2.66. The normalized spacial score (nSPS) is 10.4. The van der Waals surface area contributed by atoms with Crippen molar-refractivity contribution in [3.63, 3.8) is 0 Å². The van der Waals surface area contributed by atoms with Gasteiger partial charge in [-0.1, -0.05) is 31.2 Å². The van der Waals surface area contributed by atoms with Gasteiger partial charge in [-0.3, -0.25) is 9.89 Å². The number of nitrogens with two attached hydrogens (primary N) is 1. The van der Waals surface area contributed by atoms with Gasteiger partial charge in [0.2, 0.25) is 0 Å². The lowest BCUT2D eigenvalue weighted by Crippen LogP contribution is -2.27. The summed E-state index contributed by atoms with van der Waals surface area (Å²) in [6.07, 6.45) is 2.46. The number of nitrogen functional groups attached to an aromatic ring is 1. The molecule has 0 aliphatic carbocycles. The summed E-state index contributed by atoms with van der Waals surface area (Å²) in [5, 5.41) is 6.38. The number of rotatable bonds is 4. The SMILES string of the molecule is CCc1ccc(CN(C)C(=O)c2[nH]ncc2N)cc1. The Morgan fingerprint density at radius 2 is 1.95 bits per heavy atom. The van der Waals surface area contributed by atoms with Gasteiger partial charge in [0.15, 0.2) is 0 Å². The number of hydrogen-bond acceptors (Lipinski definition) is 3. The van der Waals surface area contributed by atoms with E-state index in [4.69, 9.17) is 5.73 Å². The van der Waals surface area contributed by atoms with Crippen LogP contribution in [-0.4, -0.2) is 28.1 Å². The van der Waals surface area contributed by atoms with Crippen LogP contribution in [0.2, 0.25) is 0 Å². The van der Waals surface area contributed by atoms with Gasteiger partial charge in [-0.05, 0) is 17.5 Å². The zero-order valence-electron chi connectivity index (χ0n) is 11.2. The lowest BCUT2D eigenvalue weighted by atomic mass is 10.1. The third kappa shape index (κ3) is 2.93. The van der Waals surface area contributed by atoms with E-state index >= 15 is 0 Å². The molecule has 5 nitrogen and oxygen atoms in total. The fourth-order valence-electron chi connectivity index (χ4n) is 1.88. The van der Waals surface area contributed by atoms with Gasteiger partial charge in [-0.2, -0.15) is 5.10 Å². The number of anilines is 1. The summed E-state index contributed by atoms with van der Waals surface area (Å²) < 4.78 is 0. The maximum Gasteiger partial charge on any atom is 0.274 e. The van der Waals surface area contributed by atoms with Gasteiger partial charge in [-0.25, -0.2) is 0 Å². The monoisotopic (exact) mass is 258 g/mol. The van der Waals surface area contributed by atoms with Crippen LogP contribution in [0.5, 0.6) is 0 Å². The molecule has 1 heterocycles. The molecule has 0 bridgehead atoms. The summed E-state index contributed by atoms with van der Waals surface area (Å²) in [4.78, 5) is 13.7. The highest BCUT2D eigenvalue weighted by Gasteiger charge is 2.16. The van der Waals surface area contributed by atoms with Crippen molar-refractivity contribution in [2.24, 2.45) is 0 Å². The quantitative estimate of drug-likeness (QED) is 0.878. The minimum Gasteiger partial charge on any atom is -0.396 e. The number of H-pyrrole nitrogens is 1. The predicted octanol–water partition coefficient (Wildman–Crippen LogP) is 1.83. The zero-order valence-corrected chi connectivity index (χ0v) is 11.2. The Labute approximate surface area is 112 Å². The largest absolute Gasteiger partial charge is 0.396 e. The summed E-state index contributed by atoms with van der Waals surface area (Å²) in [5.74, 6) is -0.158. The van der Waals surface area contributed by atoms with Crippen LogP contribution in [0, 0.1) is 0 Å². The van der Waals surface area contributed by atoms with E-state index < -0.39 is 0 Å². The van der Waals surface area contributed by atoms with Crippen molar-refractivity contribution in [2.75, 3.05) is 12.8 Å². The number of benzene rings is 1. The molecule has 0 spiro atoms. The summed E-state index contributed by atoms with van der Waals surface area (Å²) in [7, 11) is 1.75. The highest BCUT2D eigenvalue weighted by atomic mass is 16.2. The smallest absolute Gasteiger partial charge is 0.274 e. The van der Waals surface area contributed by atoms with E-state index in [-0.39, 0.29) is 5.91 Å². The van der Waals surface area contributed by atoms with Crippen LogP contribution in [0.3, 0.4) is 0 Å². The van der Waals surface area contributed by atoms with E-state index in [0.29, 0.717) is 17.9 Å². The first-order valence-electron chi connectivity index (χ1n) is 6.24. The predicted molar refractivity (Wildman–Crippen MR) is 74.6 cm³/mol. The van der Waals surface area contributed by atoms with Gasteiger partial charge < -0.3 is 10.6 Å². The van der Waals surface area contributed by atoms with Crippen molar-refractivity contribution in [3.8, 4) is 0 Å². The molecular weight excluding hydrogens is 240 g/mol. The molecule has 19 heavy (non-hydrogen) atoms. The number of aryl methyl sites for hydroxylation is 1. The van der Waals surface area contributed by atoms with Crippen molar-refractivity contribution in [3.05, 3.63) is 47.3 Å². The number of aromatic amines is 1. The van der Waals surface area contributed by atoms with Crippen molar-refractivity contribution in [2.45, 2.75) is 19.9 Å². The van der Waals surface area contributed by atoms with E-state index in [2.05, 4.69) is 29.3 Å². The highest BCUT2D eigenvalue weighted by molar-refractivity contribution is 5.96. The Morgan fingerprint density at radius 1 is 1.32 bits per heavy atom. The van der Waals surface area contributed by atoms with Crippen molar-refractivity contribution in [1.29, 1.82) is 0 Å². The molecule has 0 saturated carbocycles. The first-order valence-corrected chi connectivity index (χ1v) is 6.24. The molecule has 3 N–H and O–H groups in total. The second-order valence-corrected chi connectivity index (χ2v) is 4.53. The second-order valence-electron chi connectivity index (χ2n) is 4.53. The third-order valence-electron chi connectivity index (χ3n) is 3.08. The van der Waals surface area contributed by atoms with E-state index in [9.17, 15) is 4.79 Å². The topological polar surface area (TPSA) is 75.0 Å². The van der Waals surface area contributed by atoms with Crippen LogP contribution >= 0.6 is 0 Å². The molecule has 0 radical (unpaired) electrons. The van der Waals surface area contributed by atoms with E-state index in [1.165, 1.54) is 11.8 Å². The number of carbonyl (C=O) groups excluding carboxylic acids is 1. The van der Waals surface area contributed by atoms with Gasteiger partial charge >= 0.3 is 0 Å². The Bertz CT molecular complexity index is 559. The van der Waals surface area contributed by atoms with Crippen LogP contribution < -0.4 is 5.73 Å². The summed E-state index contributed by atoms with van der Waals surface area (Å²) in [5.41, 5.74) is 8.76. The first kappa shape index (κ1) is 13.1. The van der Waals surface area contributed by atoms with Crippen molar-refractivity contribution >= 4 is 11.6 Å². The molecule has 0 saturated heterocycles. The van der Waals surface area contributed by atoms with Crippen molar-refractivity contribution < 1.29 is 4.79 Å². The van der Waals surface area contributed by atoms with E-state index in [0.717, 1.165) is 12.0 Å². The molecular formula is C14H18N4O. The molecule has 1 aromatic heterocycles. The standard InChI is InChI=1S/C14H18N4O/c1-3-10-4-6-11(7-5-10)9-18(2)14(19)13-12(15)8-16-17-13/h4-8H,3,9,15H2,1-2H3,(H,16,17). The lowest BCUT2D eigenvalue weighted by Gasteiger charge is -2.16. The minimum atomic E-state index is -0.158. The molecule has 0 aliphatic heterocycles. The fourth-order valence-corrected chi connectivity index (χ4v) is 1.88. The van der Waals surface area contributed by atoms with Crippen LogP contribution in [0.15, 0.2) is 30.5 Å². The van der Waals surface area contributed by atoms with E-state index in [1.807, 2.05) is 12.1 Å². The molecule has 1 amide bonds. The molecule has 0 fully saturated rings. The Kier molecular flexibility index (Phi) is 3.85. The maximum atomic E-state index is 12.1. The highest BCUT2D eigenvalue weighted by Crippen LogP contribution is 2.12. The molecule has 0 aliphatic rings. The van der Waals surface area contributed by atoms with Crippen LogP contribution in [0.1, 0.15) is 28.5 Å². The maximum absolute atomic E-state index is 12.1. The number of amides is 1. The Morgan fingerprint density at radius 3 is 2.47 bits per heavy atom. The molecule has 2 rings (SSSR count). The fraction of sp³-hybridized carbons (Fsp3) is 0.286. The minimum absolute atomic E-state index is 0.158. The average Bonchev–Trinajstić information content (AvgIpc) is 2.85. The number of aromatic nitrogens is 2. The van der Waals surface area contributed by atoms with Gasteiger partial charge in [0.05, 0.1) is 11.9 Å². The molecule has 0 atom stereocenters. The second kappa shape index (κ2) is 5.56. The van der Waals surface area contributed by atoms with Gasteiger partial charge in [0.1, 0.15) is 5.69 Å². The number of nitrogens with zero attached hydrogens (tertiary/aromatic N) is 2. The first-order chi connectivity index (χ1) is 9.11. The van der Waals surface area contributed by atoms with Gasteiger partial charge in [0, 0.05) is 13.6 Å². The molecule has 5 heteroatoms. The summed E-state index contributed by atoms with van der Waals surface area (Å²) >= 11 is 0. The van der Waals surface area contributed by atoms with Gasteiger partial charge in [0.25, 0.3) is 5.91 Å². The van der Waals surface area contributed by atoms with Crippen LogP contribution in [0.4, 0.5) is 5.69 Å². The Balaban J connectivity index is 2.06. The lowest BCUT2D eigenvalue weighted by molar-refractivity contribution is 0.0780. The van der Waals surface area contributed by atoms with Gasteiger partial charge in [-0.15, -0.1) is 0 Å². The molecule has 100 valence electrons. The van der Waals surface area contributed by atoms with E-state index in [1.54, 1.807) is 11.9 Å². The molecule has 1 aromatic carbocycles.